The van der Waals surface area contributed by atoms with Crippen molar-refractivity contribution >= 4 is 0 Å². The molecular weight excluding hydrogens is 395 g/mol. The lowest BCUT2D eigenvalue weighted by atomic mass is 10.0. The van der Waals surface area contributed by atoms with Gasteiger partial charge in [0, 0.05) is 12.6 Å². The normalized spacial score (nSPS) is 11.1. The summed E-state index contributed by atoms with van der Waals surface area (Å²) in [5.74, 6) is -3.54. The van der Waals surface area contributed by atoms with Crippen molar-refractivity contribution in [1.29, 1.82) is 0 Å². The van der Waals surface area contributed by atoms with E-state index >= 15 is 0 Å². The first-order chi connectivity index (χ1) is 14.3. The Labute approximate surface area is 169 Å². The lowest BCUT2D eigenvalue weighted by Crippen LogP contribution is -2.40. The van der Waals surface area contributed by atoms with E-state index in [1.807, 2.05) is 25.1 Å². The molecule has 0 aliphatic rings. The first-order valence-electron chi connectivity index (χ1n) is 9.15. The quantitative estimate of drug-likeness (QED) is 0.491. The van der Waals surface area contributed by atoms with Crippen LogP contribution in [0.4, 0.5) is 13.2 Å². The number of halogens is 3. The highest BCUT2D eigenvalue weighted by molar-refractivity contribution is 5.65. The van der Waals surface area contributed by atoms with Crippen molar-refractivity contribution < 1.29 is 17.9 Å². The summed E-state index contributed by atoms with van der Waals surface area (Å²) in [5.41, 5.74) is 2.93. The second kappa shape index (κ2) is 7.62. The first kappa shape index (κ1) is 19.6. The number of ether oxygens (including phenoxy) is 1. The van der Waals surface area contributed by atoms with Crippen LogP contribution in [-0.4, -0.2) is 14.6 Å². The molecule has 0 saturated heterocycles. The monoisotopic (exact) mass is 413 g/mol. The summed E-state index contributed by atoms with van der Waals surface area (Å²) in [7, 11) is 1.62. The number of nitrogens with one attached hydrogen (secondary N) is 1. The van der Waals surface area contributed by atoms with Crippen LogP contribution in [0.25, 0.3) is 16.8 Å². The molecule has 0 spiro atoms. The van der Waals surface area contributed by atoms with Gasteiger partial charge >= 0.3 is 5.69 Å². The molecule has 0 atom stereocenters. The molecule has 0 unspecified atom stereocenters. The molecule has 8 heteroatoms. The van der Waals surface area contributed by atoms with Crippen molar-refractivity contribution in [2.45, 2.75) is 13.5 Å². The molecule has 1 aromatic heterocycles. The van der Waals surface area contributed by atoms with Gasteiger partial charge in [-0.2, -0.15) is 4.68 Å². The number of nitrogens with zero attached hydrogens (tertiary/aromatic N) is 2. The third kappa shape index (κ3) is 3.52. The van der Waals surface area contributed by atoms with E-state index in [0.717, 1.165) is 23.3 Å². The number of aromatic amines is 1. The molecule has 0 bridgehead atoms. The van der Waals surface area contributed by atoms with E-state index in [2.05, 4.69) is 5.21 Å². The van der Waals surface area contributed by atoms with Crippen LogP contribution in [0.5, 0.6) is 5.75 Å². The fraction of sp³-hybridized carbons (Fsp3) is 0.136. The predicted molar refractivity (Wildman–Crippen MR) is 106 cm³/mol. The Morgan fingerprint density at radius 1 is 0.967 bits per heavy atom. The van der Waals surface area contributed by atoms with E-state index in [1.54, 1.807) is 31.3 Å². The Balaban J connectivity index is 1.61. The highest BCUT2D eigenvalue weighted by atomic mass is 19.2. The zero-order chi connectivity index (χ0) is 21.4. The molecule has 30 heavy (non-hydrogen) atoms. The first-order valence-corrected chi connectivity index (χ1v) is 9.15. The summed E-state index contributed by atoms with van der Waals surface area (Å²) in [6.45, 7) is 2.09. The molecule has 4 rings (SSSR count). The van der Waals surface area contributed by atoms with E-state index in [4.69, 9.17) is 4.74 Å². The minimum absolute atomic E-state index is 0.173. The fourth-order valence-corrected chi connectivity index (χ4v) is 3.22. The number of aromatic nitrogens is 3. The van der Waals surface area contributed by atoms with Crippen LogP contribution in [0.2, 0.25) is 0 Å². The highest BCUT2D eigenvalue weighted by Crippen LogP contribution is 2.28. The molecule has 0 amide bonds. The molecule has 0 radical (unpaired) electrons. The van der Waals surface area contributed by atoms with Crippen molar-refractivity contribution in [3.63, 3.8) is 0 Å². The fourth-order valence-electron chi connectivity index (χ4n) is 3.22. The van der Waals surface area contributed by atoms with Gasteiger partial charge in [0.05, 0.1) is 5.69 Å². The van der Waals surface area contributed by atoms with Crippen molar-refractivity contribution in [1.82, 2.24) is 14.6 Å². The van der Waals surface area contributed by atoms with Crippen LogP contribution in [0, 0.1) is 24.4 Å². The minimum Gasteiger partial charge on any atom is -0.489 e. The summed E-state index contributed by atoms with van der Waals surface area (Å²) < 4.78 is 49.1. The van der Waals surface area contributed by atoms with Gasteiger partial charge in [-0.05, 0) is 53.9 Å². The van der Waals surface area contributed by atoms with Crippen LogP contribution in [-0.2, 0) is 13.7 Å². The van der Waals surface area contributed by atoms with Gasteiger partial charge in [-0.1, -0.05) is 24.3 Å². The standard InChI is InChI=1S/C22H18F3N3O2/c1-13-5-3-8-20(28-22(29)27(2)26-28)17(13)12-30-16-7-4-6-14(9-16)15-10-18(23)21(25)19(24)11-15/h3-11,26H,12H2,1-2H3. The Kier molecular flexibility index (Phi) is 4.99. The highest BCUT2D eigenvalue weighted by Gasteiger charge is 2.15. The van der Waals surface area contributed by atoms with Crippen LogP contribution >= 0.6 is 0 Å². The molecule has 0 aliphatic carbocycles. The molecule has 0 fully saturated rings. The van der Waals surface area contributed by atoms with Crippen molar-refractivity contribution in [3.05, 3.63) is 93.7 Å². The Bertz CT molecular complexity index is 1260. The van der Waals surface area contributed by atoms with Gasteiger partial charge in [0.15, 0.2) is 17.5 Å². The average Bonchev–Trinajstić information content (AvgIpc) is 2.74. The SMILES string of the molecule is Cc1cccc(-n2[nH]n(C)c2=O)c1COc1cccc(-c2cc(F)c(F)c(F)c2)c1. The molecule has 154 valence electrons. The molecule has 1 N–H and O–H groups in total. The lowest BCUT2D eigenvalue weighted by Gasteiger charge is -2.19. The second-order valence-electron chi connectivity index (χ2n) is 6.92. The van der Waals surface area contributed by atoms with Gasteiger partial charge < -0.3 is 4.74 Å². The number of benzene rings is 3. The van der Waals surface area contributed by atoms with E-state index < -0.39 is 17.5 Å². The summed E-state index contributed by atoms with van der Waals surface area (Å²) >= 11 is 0. The Morgan fingerprint density at radius 3 is 2.33 bits per heavy atom. The van der Waals surface area contributed by atoms with E-state index in [9.17, 15) is 18.0 Å². The molecule has 5 nitrogen and oxygen atoms in total. The van der Waals surface area contributed by atoms with Gasteiger partial charge in [-0.3, -0.25) is 0 Å². The average molecular weight is 413 g/mol. The lowest BCUT2D eigenvalue weighted by molar-refractivity contribution is 0.303. The van der Waals surface area contributed by atoms with Gasteiger partial charge in [0.25, 0.3) is 0 Å². The Hall–Kier alpha value is -3.68. The molecule has 1 heterocycles. The summed E-state index contributed by atoms with van der Waals surface area (Å²) in [6.07, 6.45) is 0. The summed E-state index contributed by atoms with van der Waals surface area (Å²) in [5, 5.41) is 2.88. The van der Waals surface area contributed by atoms with Gasteiger partial charge in [-0.25, -0.2) is 27.9 Å². The zero-order valence-corrected chi connectivity index (χ0v) is 16.2. The molecule has 3 aromatic carbocycles. The van der Waals surface area contributed by atoms with Crippen LogP contribution in [0.1, 0.15) is 11.1 Å². The minimum atomic E-state index is -1.50. The maximum atomic E-state index is 13.6. The largest absolute Gasteiger partial charge is 0.489 e. The topological polar surface area (TPSA) is 52.0 Å². The van der Waals surface area contributed by atoms with E-state index in [-0.39, 0.29) is 17.9 Å². The number of hydrogen-bond acceptors (Lipinski definition) is 2. The number of H-pyrrole nitrogens is 1. The summed E-state index contributed by atoms with van der Waals surface area (Å²) in [4.78, 5) is 12.0. The van der Waals surface area contributed by atoms with Crippen molar-refractivity contribution in [2.24, 2.45) is 7.05 Å². The third-order valence-corrected chi connectivity index (χ3v) is 4.89. The zero-order valence-electron chi connectivity index (χ0n) is 16.2. The van der Waals surface area contributed by atoms with Gasteiger partial charge in [-0.15, -0.1) is 0 Å². The third-order valence-electron chi connectivity index (χ3n) is 4.89. The molecular formula is C22H18F3N3O2. The van der Waals surface area contributed by atoms with Crippen LogP contribution < -0.4 is 10.4 Å². The van der Waals surface area contributed by atoms with Crippen LogP contribution in [0.15, 0.2) is 59.4 Å². The second-order valence-corrected chi connectivity index (χ2v) is 6.92. The Morgan fingerprint density at radius 2 is 1.67 bits per heavy atom. The van der Waals surface area contributed by atoms with Crippen molar-refractivity contribution in [3.8, 4) is 22.6 Å². The van der Waals surface area contributed by atoms with E-state index in [0.29, 0.717) is 17.0 Å². The number of hydrogen-bond donors (Lipinski definition) is 1. The van der Waals surface area contributed by atoms with Crippen molar-refractivity contribution in [2.75, 3.05) is 0 Å². The summed E-state index contributed by atoms with van der Waals surface area (Å²) in [6, 6.07) is 14.1. The molecule has 0 aliphatic heterocycles. The molecule has 0 saturated carbocycles. The maximum Gasteiger partial charge on any atom is 0.364 e. The van der Waals surface area contributed by atoms with Crippen LogP contribution in [0.3, 0.4) is 0 Å². The predicted octanol–water partition coefficient (Wildman–Crippen LogP) is 4.48. The molecule has 4 aromatic rings. The number of aryl methyl sites for hydroxylation is 2. The maximum absolute atomic E-state index is 13.6. The smallest absolute Gasteiger partial charge is 0.364 e. The van der Waals surface area contributed by atoms with E-state index in [1.165, 1.54) is 9.36 Å². The van der Waals surface area contributed by atoms with Gasteiger partial charge in [0.2, 0.25) is 0 Å². The number of rotatable bonds is 5. The van der Waals surface area contributed by atoms with Gasteiger partial charge in [0.1, 0.15) is 12.4 Å².